The number of nitrogens with two attached hydrogens (primary N) is 1. The van der Waals surface area contributed by atoms with Gasteiger partial charge in [-0.15, -0.1) is 0 Å². The highest BCUT2D eigenvalue weighted by atomic mass is 16.1. The molecule has 1 aromatic rings. The molecule has 0 radical (unpaired) electrons. The van der Waals surface area contributed by atoms with E-state index in [9.17, 15) is 4.79 Å². The van der Waals surface area contributed by atoms with E-state index in [4.69, 9.17) is 5.73 Å². The predicted octanol–water partition coefficient (Wildman–Crippen LogP) is 2.95. The zero-order chi connectivity index (χ0) is 14.4. The third kappa shape index (κ3) is 3.83. The number of hydrogen-bond acceptors (Lipinski definition) is 2. The molecular formula is C17H26N2O. The van der Waals surface area contributed by atoms with Crippen LogP contribution >= 0.6 is 0 Å². The van der Waals surface area contributed by atoms with E-state index in [0.717, 1.165) is 5.56 Å². The topological polar surface area (TPSA) is 55.1 Å². The number of rotatable bonds is 5. The van der Waals surface area contributed by atoms with E-state index >= 15 is 0 Å². The summed E-state index contributed by atoms with van der Waals surface area (Å²) in [5.41, 5.74) is 6.51. The van der Waals surface area contributed by atoms with Gasteiger partial charge in [-0.05, 0) is 31.2 Å². The first-order chi connectivity index (χ1) is 9.64. The summed E-state index contributed by atoms with van der Waals surface area (Å²) >= 11 is 0. The molecule has 0 aromatic heterocycles. The molecule has 3 N–H and O–H groups in total. The minimum Gasteiger partial charge on any atom is -0.346 e. The second-order valence-electron chi connectivity index (χ2n) is 6.16. The van der Waals surface area contributed by atoms with Crippen LogP contribution in [0.25, 0.3) is 0 Å². The van der Waals surface area contributed by atoms with E-state index in [2.05, 4.69) is 5.32 Å². The van der Waals surface area contributed by atoms with Crippen LogP contribution in [0.1, 0.15) is 51.0 Å². The fourth-order valence-electron chi connectivity index (χ4n) is 3.06. The van der Waals surface area contributed by atoms with E-state index < -0.39 is 5.54 Å². The van der Waals surface area contributed by atoms with E-state index in [0.29, 0.717) is 18.9 Å². The van der Waals surface area contributed by atoms with Gasteiger partial charge in [0.2, 0.25) is 5.91 Å². The summed E-state index contributed by atoms with van der Waals surface area (Å²) in [5, 5.41) is 3.14. The van der Waals surface area contributed by atoms with Gasteiger partial charge in [-0.25, -0.2) is 0 Å². The Morgan fingerprint density at radius 1 is 1.25 bits per heavy atom. The first-order valence-electron chi connectivity index (χ1n) is 7.70. The minimum absolute atomic E-state index is 0.133. The van der Waals surface area contributed by atoms with Gasteiger partial charge in [0.05, 0.1) is 5.54 Å². The zero-order valence-corrected chi connectivity index (χ0v) is 12.4. The molecule has 1 aromatic carbocycles. The monoisotopic (exact) mass is 274 g/mol. The summed E-state index contributed by atoms with van der Waals surface area (Å²) in [5.74, 6) is 0.690. The molecule has 1 fully saturated rings. The number of carbonyl (C=O) groups is 1. The van der Waals surface area contributed by atoms with Crippen molar-refractivity contribution in [1.29, 1.82) is 0 Å². The van der Waals surface area contributed by atoms with Crippen LogP contribution < -0.4 is 11.1 Å². The zero-order valence-electron chi connectivity index (χ0n) is 12.4. The Morgan fingerprint density at radius 3 is 2.50 bits per heavy atom. The van der Waals surface area contributed by atoms with Crippen molar-refractivity contribution in [2.24, 2.45) is 11.7 Å². The lowest BCUT2D eigenvalue weighted by Crippen LogP contribution is -2.49. The molecule has 1 atom stereocenters. The third-order valence-corrected chi connectivity index (χ3v) is 4.43. The van der Waals surface area contributed by atoms with E-state index in [1.165, 1.54) is 32.1 Å². The Bertz CT molecular complexity index is 426. The Hall–Kier alpha value is -1.35. The van der Waals surface area contributed by atoms with Gasteiger partial charge in [-0.3, -0.25) is 4.79 Å². The Kier molecular flexibility index (Phi) is 5.18. The van der Waals surface area contributed by atoms with Gasteiger partial charge in [0, 0.05) is 13.0 Å². The second-order valence-corrected chi connectivity index (χ2v) is 6.16. The highest BCUT2D eigenvalue weighted by molar-refractivity contribution is 5.77. The van der Waals surface area contributed by atoms with E-state index in [1.54, 1.807) is 0 Å². The lowest BCUT2D eigenvalue weighted by Gasteiger charge is -2.31. The summed E-state index contributed by atoms with van der Waals surface area (Å²) < 4.78 is 0. The Labute approximate surface area is 121 Å². The van der Waals surface area contributed by atoms with Gasteiger partial charge in [-0.1, -0.05) is 49.6 Å². The number of nitrogens with one attached hydrogen (secondary N) is 1. The quantitative estimate of drug-likeness (QED) is 0.867. The highest BCUT2D eigenvalue weighted by Gasteiger charge is 2.28. The average Bonchev–Trinajstić information content (AvgIpc) is 2.49. The molecule has 1 unspecified atom stereocenters. The lowest BCUT2D eigenvalue weighted by atomic mass is 9.86. The van der Waals surface area contributed by atoms with Crippen LogP contribution in [0.4, 0.5) is 0 Å². The van der Waals surface area contributed by atoms with Gasteiger partial charge in [0.1, 0.15) is 0 Å². The molecule has 2 rings (SSSR count). The number of benzene rings is 1. The summed E-state index contributed by atoms with van der Waals surface area (Å²) in [4.78, 5) is 12.3. The smallest absolute Gasteiger partial charge is 0.221 e. The van der Waals surface area contributed by atoms with Gasteiger partial charge in [0.25, 0.3) is 0 Å². The standard InChI is InChI=1S/C17H26N2O/c1-17(13-18,15-10-6-3-7-11-15)19-16(20)12-14-8-4-2-5-9-14/h3,6-7,10-11,14H,2,4-5,8-9,12-13,18H2,1H3,(H,19,20). The van der Waals surface area contributed by atoms with Crippen molar-refractivity contribution < 1.29 is 4.79 Å². The molecule has 1 saturated carbocycles. The minimum atomic E-state index is -0.465. The SMILES string of the molecule is CC(CN)(NC(=O)CC1CCCCC1)c1ccccc1. The van der Waals surface area contributed by atoms with Crippen LogP contribution in [0, 0.1) is 5.92 Å². The fraction of sp³-hybridized carbons (Fsp3) is 0.588. The van der Waals surface area contributed by atoms with Crippen LogP contribution in [0.15, 0.2) is 30.3 Å². The highest BCUT2D eigenvalue weighted by Crippen LogP contribution is 2.27. The second kappa shape index (κ2) is 6.89. The largest absolute Gasteiger partial charge is 0.346 e. The van der Waals surface area contributed by atoms with Crippen molar-refractivity contribution in [2.75, 3.05) is 6.54 Å². The molecule has 0 heterocycles. The number of carbonyl (C=O) groups excluding carboxylic acids is 1. The maximum atomic E-state index is 12.3. The number of amides is 1. The van der Waals surface area contributed by atoms with Crippen molar-refractivity contribution in [3.63, 3.8) is 0 Å². The van der Waals surface area contributed by atoms with Crippen molar-refractivity contribution in [1.82, 2.24) is 5.32 Å². The summed E-state index contributed by atoms with van der Waals surface area (Å²) in [6.45, 7) is 2.41. The molecule has 1 aliphatic rings. The molecule has 3 nitrogen and oxygen atoms in total. The molecule has 110 valence electrons. The Balaban J connectivity index is 1.96. The maximum absolute atomic E-state index is 12.3. The first-order valence-corrected chi connectivity index (χ1v) is 7.70. The van der Waals surface area contributed by atoms with Crippen molar-refractivity contribution in [2.45, 2.75) is 51.0 Å². The van der Waals surface area contributed by atoms with Crippen LogP contribution in [-0.2, 0) is 10.3 Å². The van der Waals surface area contributed by atoms with Crippen LogP contribution in [0.2, 0.25) is 0 Å². The van der Waals surface area contributed by atoms with Crippen molar-refractivity contribution in [3.8, 4) is 0 Å². The maximum Gasteiger partial charge on any atom is 0.221 e. The van der Waals surface area contributed by atoms with Crippen LogP contribution in [0.3, 0.4) is 0 Å². The van der Waals surface area contributed by atoms with Gasteiger partial charge < -0.3 is 11.1 Å². The third-order valence-electron chi connectivity index (χ3n) is 4.43. The van der Waals surface area contributed by atoms with E-state index in [-0.39, 0.29) is 5.91 Å². The van der Waals surface area contributed by atoms with Crippen molar-refractivity contribution in [3.05, 3.63) is 35.9 Å². The van der Waals surface area contributed by atoms with Crippen LogP contribution in [-0.4, -0.2) is 12.5 Å². The molecule has 0 aliphatic heterocycles. The summed E-state index contributed by atoms with van der Waals surface area (Å²) in [7, 11) is 0. The molecule has 0 bridgehead atoms. The van der Waals surface area contributed by atoms with Gasteiger partial charge in [-0.2, -0.15) is 0 Å². The Morgan fingerprint density at radius 2 is 1.90 bits per heavy atom. The van der Waals surface area contributed by atoms with Crippen LogP contribution in [0.5, 0.6) is 0 Å². The first kappa shape index (κ1) is 15.0. The number of hydrogen-bond donors (Lipinski definition) is 2. The molecular weight excluding hydrogens is 248 g/mol. The van der Waals surface area contributed by atoms with Gasteiger partial charge >= 0.3 is 0 Å². The fourth-order valence-corrected chi connectivity index (χ4v) is 3.06. The normalized spacial score (nSPS) is 19.3. The summed E-state index contributed by atoms with van der Waals surface area (Å²) in [6, 6.07) is 9.98. The molecule has 1 amide bonds. The molecule has 0 spiro atoms. The van der Waals surface area contributed by atoms with Gasteiger partial charge in [0.15, 0.2) is 0 Å². The molecule has 20 heavy (non-hydrogen) atoms. The predicted molar refractivity (Wildman–Crippen MR) is 82.2 cm³/mol. The van der Waals surface area contributed by atoms with E-state index in [1.807, 2.05) is 37.3 Å². The summed E-state index contributed by atoms with van der Waals surface area (Å²) in [6.07, 6.45) is 6.89. The molecule has 3 heteroatoms. The molecule has 0 saturated heterocycles. The lowest BCUT2D eigenvalue weighted by molar-refractivity contribution is -0.124. The van der Waals surface area contributed by atoms with Crippen molar-refractivity contribution >= 4 is 5.91 Å². The average molecular weight is 274 g/mol. The molecule has 1 aliphatic carbocycles.